The van der Waals surface area contributed by atoms with Crippen LogP contribution in [0.5, 0.6) is 0 Å². The predicted octanol–water partition coefficient (Wildman–Crippen LogP) is 2.32. The molecule has 1 atom stereocenters. The molecule has 1 amide bonds. The Labute approximate surface area is 131 Å². The molecular formula is C17H14FN3O2. The van der Waals surface area contributed by atoms with Gasteiger partial charge >= 0.3 is 0 Å². The molecule has 5 nitrogen and oxygen atoms in total. The quantitative estimate of drug-likeness (QED) is 0.807. The summed E-state index contributed by atoms with van der Waals surface area (Å²) in [5.41, 5.74) is 0.747. The molecule has 23 heavy (non-hydrogen) atoms. The minimum absolute atomic E-state index is 0.0392. The maximum absolute atomic E-state index is 12.9. The highest BCUT2D eigenvalue weighted by atomic mass is 19.1. The largest absolute Gasteiger partial charge is 0.345 e. The molecule has 0 fully saturated rings. The fourth-order valence-corrected chi connectivity index (χ4v) is 2.29. The van der Waals surface area contributed by atoms with Crippen LogP contribution in [-0.2, 0) is 0 Å². The van der Waals surface area contributed by atoms with Gasteiger partial charge in [0.25, 0.3) is 11.5 Å². The zero-order valence-corrected chi connectivity index (χ0v) is 12.4. The highest BCUT2D eigenvalue weighted by Crippen LogP contribution is 2.13. The van der Waals surface area contributed by atoms with E-state index in [1.165, 1.54) is 22.7 Å². The molecule has 0 bridgehead atoms. The molecule has 0 aliphatic carbocycles. The van der Waals surface area contributed by atoms with E-state index in [-0.39, 0.29) is 17.4 Å². The Kier molecular flexibility index (Phi) is 3.89. The fraction of sp³-hybridized carbons (Fsp3) is 0.118. The second-order valence-corrected chi connectivity index (χ2v) is 5.15. The van der Waals surface area contributed by atoms with Gasteiger partial charge in [0.05, 0.1) is 6.04 Å². The molecular weight excluding hydrogens is 297 g/mol. The summed E-state index contributed by atoms with van der Waals surface area (Å²) in [4.78, 5) is 28.8. The van der Waals surface area contributed by atoms with Crippen molar-refractivity contribution in [2.45, 2.75) is 13.0 Å². The Bertz CT molecular complexity index is 919. The molecule has 0 saturated heterocycles. The maximum Gasteiger partial charge on any atom is 0.270 e. The fourth-order valence-electron chi connectivity index (χ4n) is 2.29. The molecule has 116 valence electrons. The molecule has 6 heteroatoms. The van der Waals surface area contributed by atoms with Gasteiger partial charge in [-0.15, -0.1) is 0 Å². The molecule has 0 saturated carbocycles. The SMILES string of the molecule is C[C@@H](NC(=O)c1cnc2ccccn2c1=O)c1ccc(F)cc1. The molecule has 0 spiro atoms. The van der Waals surface area contributed by atoms with Gasteiger partial charge < -0.3 is 5.32 Å². The predicted molar refractivity (Wildman–Crippen MR) is 83.7 cm³/mol. The minimum atomic E-state index is -0.516. The summed E-state index contributed by atoms with van der Waals surface area (Å²) < 4.78 is 14.3. The summed E-state index contributed by atoms with van der Waals surface area (Å²) in [6.07, 6.45) is 2.83. The molecule has 3 aromatic rings. The third kappa shape index (κ3) is 2.96. The molecule has 0 aliphatic rings. The average molecular weight is 311 g/mol. The van der Waals surface area contributed by atoms with Crippen molar-refractivity contribution in [1.29, 1.82) is 0 Å². The first-order valence-corrected chi connectivity index (χ1v) is 7.09. The number of fused-ring (bicyclic) bond motifs is 1. The summed E-state index contributed by atoms with van der Waals surface area (Å²) in [6, 6.07) is 10.6. The van der Waals surface area contributed by atoms with Gasteiger partial charge in [-0.25, -0.2) is 9.37 Å². The van der Waals surface area contributed by atoms with Crippen LogP contribution in [-0.4, -0.2) is 15.3 Å². The van der Waals surface area contributed by atoms with Crippen LogP contribution >= 0.6 is 0 Å². The lowest BCUT2D eigenvalue weighted by Crippen LogP contribution is -2.33. The van der Waals surface area contributed by atoms with Gasteiger partial charge in [0, 0.05) is 12.4 Å². The van der Waals surface area contributed by atoms with Crippen molar-refractivity contribution in [3.8, 4) is 0 Å². The van der Waals surface area contributed by atoms with Gasteiger partial charge in [0.15, 0.2) is 0 Å². The number of carbonyl (C=O) groups excluding carboxylic acids is 1. The zero-order chi connectivity index (χ0) is 16.4. The molecule has 3 rings (SSSR count). The van der Waals surface area contributed by atoms with Crippen LogP contribution in [0.15, 0.2) is 59.7 Å². The zero-order valence-electron chi connectivity index (χ0n) is 12.4. The van der Waals surface area contributed by atoms with E-state index in [0.29, 0.717) is 5.65 Å². The van der Waals surface area contributed by atoms with Crippen LogP contribution in [0, 0.1) is 5.82 Å². The minimum Gasteiger partial charge on any atom is -0.345 e. The molecule has 0 aliphatic heterocycles. The van der Waals surface area contributed by atoms with Crippen LogP contribution in [0.4, 0.5) is 4.39 Å². The summed E-state index contributed by atoms with van der Waals surface area (Å²) in [6.45, 7) is 1.76. The normalized spacial score (nSPS) is 12.1. The third-order valence-corrected chi connectivity index (χ3v) is 3.58. The summed E-state index contributed by atoms with van der Waals surface area (Å²) in [5.74, 6) is -0.859. The second kappa shape index (κ2) is 6.00. The number of nitrogens with zero attached hydrogens (tertiary/aromatic N) is 2. The van der Waals surface area contributed by atoms with Crippen molar-refractivity contribution in [2.24, 2.45) is 0 Å². The summed E-state index contributed by atoms with van der Waals surface area (Å²) in [5, 5.41) is 2.72. The van der Waals surface area contributed by atoms with Crippen LogP contribution < -0.4 is 10.9 Å². The summed E-state index contributed by atoms with van der Waals surface area (Å²) in [7, 11) is 0. The van der Waals surface area contributed by atoms with Gasteiger partial charge in [0.1, 0.15) is 17.0 Å². The molecule has 2 aromatic heterocycles. The average Bonchev–Trinajstić information content (AvgIpc) is 2.56. The first-order valence-electron chi connectivity index (χ1n) is 7.09. The van der Waals surface area contributed by atoms with E-state index in [9.17, 15) is 14.0 Å². The summed E-state index contributed by atoms with van der Waals surface area (Å²) >= 11 is 0. The van der Waals surface area contributed by atoms with Crippen molar-refractivity contribution in [3.05, 3.63) is 82.2 Å². The van der Waals surface area contributed by atoms with Gasteiger partial charge in [-0.05, 0) is 36.8 Å². The number of hydrogen-bond donors (Lipinski definition) is 1. The number of hydrogen-bond acceptors (Lipinski definition) is 3. The van der Waals surface area contributed by atoms with Crippen molar-refractivity contribution in [3.63, 3.8) is 0 Å². The smallest absolute Gasteiger partial charge is 0.270 e. The standard InChI is InChI=1S/C17H14FN3O2/c1-11(12-5-7-13(18)8-6-12)20-16(22)14-10-19-15-4-2-3-9-21(15)17(14)23/h2-11H,1H3,(H,20,22)/t11-/m1/s1. The third-order valence-electron chi connectivity index (χ3n) is 3.58. The van der Waals surface area contributed by atoms with Gasteiger partial charge in [0.2, 0.25) is 0 Å². The monoisotopic (exact) mass is 311 g/mol. The van der Waals surface area contributed by atoms with Crippen molar-refractivity contribution in [2.75, 3.05) is 0 Å². The Morgan fingerprint density at radius 1 is 1.22 bits per heavy atom. The molecule has 0 radical (unpaired) electrons. The number of amides is 1. The Morgan fingerprint density at radius 3 is 2.70 bits per heavy atom. The van der Waals surface area contributed by atoms with E-state index in [1.807, 2.05) is 0 Å². The number of nitrogens with one attached hydrogen (secondary N) is 1. The number of benzene rings is 1. The number of halogens is 1. The first-order chi connectivity index (χ1) is 11.1. The van der Waals surface area contributed by atoms with Crippen LogP contribution in [0.3, 0.4) is 0 Å². The van der Waals surface area contributed by atoms with E-state index in [1.54, 1.807) is 43.5 Å². The van der Waals surface area contributed by atoms with Gasteiger partial charge in [-0.3, -0.25) is 14.0 Å². The van der Waals surface area contributed by atoms with Crippen LogP contribution in [0.25, 0.3) is 5.65 Å². The molecule has 1 N–H and O–H groups in total. The first kappa shape index (κ1) is 14.9. The van der Waals surface area contributed by atoms with Crippen molar-refractivity contribution in [1.82, 2.24) is 14.7 Å². The highest BCUT2D eigenvalue weighted by molar-refractivity contribution is 5.94. The number of aromatic nitrogens is 2. The molecule has 0 unspecified atom stereocenters. The Hall–Kier alpha value is -3.02. The van der Waals surface area contributed by atoms with E-state index in [0.717, 1.165) is 5.56 Å². The Morgan fingerprint density at radius 2 is 1.96 bits per heavy atom. The van der Waals surface area contributed by atoms with Gasteiger partial charge in [-0.1, -0.05) is 18.2 Å². The highest BCUT2D eigenvalue weighted by Gasteiger charge is 2.16. The lowest BCUT2D eigenvalue weighted by molar-refractivity contribution is 0.0938. The topological polar surface area (TPSA) is 63.5 Å². The molecule has 1 aromatic carbocycles. The van der Waals surface area contributed by atoms with Crippen molar-refractivity contribution < 1.29 is 9.18 Å². The van der Waals surface area contributed by atoms with Crippen molar-refractivity contribution >= 4 is 11.6 Å². The van der Waals surface area contributed by atoms with E-state index < -0.39 is 11.5 Å². The lowest BCUT2D eigenvalue weighted by Gasteiger charge is -2.14. The van der Waals surface area contributed by atoms with Crippen LogP contribution in [0.1, 0.15) is 28.9 Å². The number of pyridine rings is 1. The maximum atomic E-state index is 12.9. The van der Waals surface area contributed by atoms with E-state index in [2.05, 4.69) is 10.3 Å². The molecule has 2 heterocycles. The second-order valence-electron chi connectivity index (χ2n) is 5.15. The number of rotatable bonds is 3. The van der Waals surface area contributed by atoms with Crippen LogP contribution in [0.2, 0.25) is 0 Å². The number of carbonyl (C=O) groups is 1. The van der Waals surface area contributed by atoms with E-state index >= 15 is 0 Å². The Balaban J connectivity index is 1.87. The van der Waals surface area contributed by atoms with E-state index in [4.69, 9.17) is 0 Å². The van der Waals surface area contributed by atoms with Gasteiger partial charge in [-0.2, -0.15) is 0 Å². The lowest BCUT2D eigenvalue weighted by atomic mass is 10.1.